The summed E-state index contributed by atoms with van der Waals surface area (Å²) in [6.07, 6.45) is 6.01. The highest BCUT2D eigenvalue weighted by Crippen LogP contribution is 2.31. The standard InChI is InChI=1S/C24H38N2O5/c27-18(16-31-19-8-4-3-5-9-19)15-25-24-20(21(28)14-22(24)29)10-6-1-2-7-11-23(30)26-17-12-13-17/h3-5,8-9,17-18,20-22,24-25,27-29H,1-2,6-7,10-16H2,(H,26,30)/t18-,20+,21+,22-,24-/m1/s1. The van der Waals surface area contributed by atoms with Gasteiger partial charge in [0.1, 0.15) is 18.5 Å². The highest BCUT2D eigenvalue weighted by atomic mass is 16.5. The molecule has 1 aromatic rings. The smallest absolute Gasteiger partial charge is 0.220 e. The van der Waals surface area contributed by atoms with E-state index in [1.165, 1.54) is 0 Å². The van der Waals surface area contributed by atoms with Crippen LogP contribution in [0, 0.1) is 5.92 Å². The number of benzene rings is 1. The van der Waals surface area contributed by atoms with E-state index in [0.29, 0.717) is 31.2 Å². The van der Waals surface area contributed by atoms with Crippen LogP contribution in [-0.4, -0.2) is 64.8 Å². The van der Waals surface area contributed by atoms with Crippen LogP contribution in [0.2, 0.25) is 0 Å². The van der Waals surface area contributed by atoms with Crippen molar-refractivity contribution in [2.45, 2.75) is 88.2 Å². The average Bonchev–Trinajstić information content (AvgIpc) is 3.52. The number of hydrogen-bond donors (Lipinski definition) is 5. The van der Waals surface area contributed by atoms with Gasteiger partial charge in [0.15, 0.2) is 0 Å². The largest absolute Gasteiger partial charge is 0.491 e. The fourth-order valence-electron chi connectivity index (χ4n) is 4.34. The SMILES string of the molecule is O=C(CCCCCC[C@@H]1[C@@H](NC[C@@H](O)COc2ccccc2)[C@H](O)C[C@@H]1O)NC1CC1. The number of aliphatic hydroxyl groups is 3. The molecule has 31 heavy (non-hydrogen) atoms. The number of aliphatic hydroxyl groups excluding tert-OH is 3. The summed E-state index contributed by atoms with van der Waals surface area (Å²) in [5, 5.41) is 37.2. The number of amides is 1. The van der Waals surface area contributed by atoms with Crippen LogP contribution >= 0.6 is 0 Å². The first-order chi connectivity index (χ1) is 15.0. The van der Waals surface area contributed by atoms with Gasteiger partial charge in [0, 0.05) is 37.4 Å². The third-order valence-electron chi connectivity index (χ3n) is 6.26. The first kappa shape index (κ1) is 24.0. The molecule has 0 aromatic heterocycles. The highest BCUT2D eigenvalue weighted by Gasteiger charge is 2.41. The molecule has 0 spiro atoms. The molecule has 0 saturated heterocycles. The van der Waals surface area contributed by atoms with E-state index >= 15 is 0 Å². The fourth-order valence-corrected chi connectivity index (χ4v) is 4.34. The van der Waals surface area contributed by atoms with Gasteiger partial charge >= 0.3 is 0 Å². The van der Waals surface area contributed by atoms with Gasteiger partial charge in [0.25, 0.3) is 0 Å². The van der Waals surface area contributed by atoms with E-state index in [2.05, 4.69) is 10.6 Å². The van der Waals surface area contributed by atoms with Gasteiger partial charge in [-0.25, -0.2) is 0 Å². The van der Waals surface area contributed by atoms with Crippen LogP contribution in [0.25, 0.3) is 0 Å². The second-order valence-electron chi connectivity index (χ2n) is 9.04. The number of carbonyl (C=O) groups is 1. The first-order valence-electron chi connectivity index (χ1n) is 11.8. The Labute approximate surface area is 185 Å². The Kier molecular flexibility index (Phi) is 9.58. The summed E-state index contributed by atoms with van der Waals surface area (Å²) < 4.78 is 5.57. The van der Waals surface area contributed by atoms with E-state index in [9.17, 15) is 20.1 Å². The number of unbranched alkanes of at least 4 members (excludes halogenated alkanes) is 3. The average molecular weight is 435 g/mol. The minimum atomic E-state index is -0.701. The van der Waals surface area contributed by atoms with E-state index in [4.69, 9.17) is 4.74 Å². The van der Waals surface area contributed by atoms with Crippen molar-refractivity contribution >= 4 is 5.91 Å². The first-order valence-corrected chi connectivity index (χ1v) is 11.8. The zero-order valence-electron chi connectivity index (χ0n) is 18.3. The lowest BCUT2D eigenvalue weighted by molar-refractivity contribution is -0.121. The minimum Gasteiger partial charge on any atom is -0.491 e. The maximum atomic E-state index is 11.7. The monoisotopic (exact) mass is 434 g/mol. The summed E-state index contributed by atoms with van der Waals surface area (Å²) in [6.45, 7) is 0.468. The van der Waals surface area contributed by atoms with Crippen LogP contribution in [0.1, 0.15) is 57.8 Å². The molecule has 7 heteroatoms. The Balaban J connectivity index is 1.30. The molecule has 0 radical (unpaired) electrons. The van der Waals surface area contributed by atoms with Crippen molar-refractivity contribution in [2.75, 3.05) is 13.2 Å². The molecule has 5 atom stereocenters. The van der Waals surface area contributed by atoms with Crippen molar-refractivity contribution in [2.24, 2.45) is 5.92 Å². The van der Waals surface area contributed by atoms with Crippen LogP contribution in [-0.2, 0) is 4.79 Å². The third kappa shape index (κ3) is 8.41. The lowest BCUT2D eigenvalue weighted by Crippen LogP contribution is -2.45. The molecule has 2 fully saturated rings. The number of para-hydroxylation sites is 1. The number of ether oxygens (including phenoxy) is 1. The van der Waals surface area contributed by atoms with E-state index in [0.717, 1.165) is 44.9 Å². The van der Waals surface area contributed by atoms with Crippen LogP contribution in [0.3, 0.4) is 0 Å². The van der Waals surface area contributed by atoms with Crippen molar-refractivity contribution in [3.63, 3.8) is 0 Å². The topological polar surface area (TPSA) is 111 Å². The van der Waals surface area contributed by atoms with Crippen molar-refractivity contribution in [1.29, 1.82) is 0 Å². The molecule has 1 aromatic carbocycles. The van der Waals surface area contributed by atoms with Gasteiger partial charge in [-0.05, 0) is 37.8 Å². The molecule has 0 heterocycles. The number of carbonyl (C=O) groups excluding carboxylic acids is 1. The predicted octanol–water partition coefficient (Wildman–Crippen LogP) is 1.75. The Hall–Kier alpha value is -1.67. The number of hydrogen-bond acceptors (Lipinski definition) is 6. The Bertz CT molecular complexity index is 655. The van der Waals surface area contributed by atoms with Crippen LogP contribution in [0.5, 0.6) is 5.75 Å². The minimum absolute atomic E-state index is 0.0320. The van der Waals surface area contributed by atoms with Gasteiger partial charge < -0.3 is 30.7 Å². The number of rotatable bonds is 14. The van der Waals surface area contributed by atoms with Crippen molar-refractivity contribution < 1.29 is 24.9 Å². The lowest BCUT2D eigenvalue weighted by atomic mass is 9.93. The van der Waals surface area contributed by atoms with E-state index in [1.54, 1.807) is 0 Å². The normalized spacial score (nSPS) is 26.5. The zero-order valence-corrected chi connectivity index (χ0v) is 18.3. The second kappa shape index (κ2) is 12.4. The highest BCUT2D eigenvalue weighted by molar-refractivity contribution is 5.76. The predicted molar refractivity (Wildman–Crippen MR) is 119 cm³/mol. The number of nitrogens with one attached hydrogen (secondary N) is 2. The molecule has 0 bridgehead atoms. The fraction of sp³-hybridized carbons (Fsp3) is 0.708. The molecule has 2 aliphatic carbocycles. The van der Waals surface area contributed by atoms with Crippen molar-refractivity contribution in [3.8, 4) is 5.75 Å². The van der Waals surface area contributed by atoms with Gasteiger partial charge in [0.05, 0.1) is 12.2 Å². The van der Waals surface area contributed by atoms with Crippen LogP contribution in [0.15, 0.2) is 30.3 Å². The molecule has 2 saturated carbocycles. The van der Waals surface area contributed by atoms with E-state index in [1.807, 2.05) is 30.3 Å². The third-order valence-corrected chi connectivity index (χ3v) is 6.26. The summed E-state index contributed by atoms with van der Waals surface area (Å²) in [6, 6.07) is 9.54. The summed E-state index contributed by atoms with van der Waals surface area (Å²) in [4.78, 5) is 11.7. The van der Waals surface area contributed by atoms with Crippen LogP contribution in [0.4, 0.5) is 0 Å². The van der Waals surface area contributed by atoms with Gasteiger partial charge in [-0.3, -0.25) is 4.79 Å². The van der Waals surface area contributed by atoms with E-state index in [-0.39, 0.29) is 24.5 Å². The second-order valence-corrected chi connectivity index (χ2v) is 9.04. The van der Waals surface area contributed by atoms with Gasteiger partial charge in [-0.15, -0.1) is 0 Å². The Morgan fingerprint density at radius 2 is 1.81 bits per heavy atom. The van der Waals surface area contributed by atoms with Gasteiger partial charge in [-0.1, -0.05) is 37.5 Å². The summed E-state index contributed by atoms with van der Waals surface area (Å²) in [5.41, 5.74) is 0. The van der Waals surface area contributed by atoms with Gasteiger partial charge in [0.2, 0.25) is 5.91 Å². The maximum Gasteiger partial charge on any atom is 0.220 e. The lowest BCUT2D eigenvalue weighted by Gasteiger charge is -2.26. The molecule has 2 aliphatic rings. The molecule has 3 rings (SSSR count). The van der Waals surface area contributed by atoms with E-state index < -0.39 is 18.3 Å². The molecular weight excluding hydrogens is 396 g/mol. The zero-order chi connectivity index (χ0) is 22.1. The van der Waals surface area contributed by atoms with Gasteiger partial charge in [-0.2, -0.15) is 0 Å². The molecule has 1 amide bonds. The molecule has 174 valence electrons. The summed E-state index contributed by atoms with van der Waals surface area (Å²) >= 11 is 0. The van der Waals surface area contributed by atoms with Crippen LogP contribution < -0.4 is 15.4 Å². The quantitative estimate of drug-likeness (QED) is 0.285. The maximum absolute atomic E-state index is 11.7. The Morgan fingerprint density at radius 3 is 2.55 bits per heavy atom. The summed E-state index contributed by atoms with van der Waals surface area (Å²) in [7, 11) is 0. The van der Waals surface area contributed by atoms with Crippen molar-refractivity contribution in [3.05, 3.63) is 30.3 Å². The molecular formula is C24H38N2O5. The molecule has 0 unspecified atom stereocenters. The van der Waals surface area contributed by atoms with Crippen molar-refractivity contribution in [1.82, 2.24) is 10.6 Å². The summed E-state index contributed by atoms with van der Waals surface area (Å²) in [5.74, 6) is 0.840. The molecule has 0 aliphatic heterocycles. The molecule has 5 N–H and O–H groups in total. The molecule has 7 nitrogen and oxygen atoms in total. The Morgan fingerprint density at radius 1 is 1.06 bits per heavy atom.